The van der Waals surface area contributed by atoms with Crippen LogP contribution in [0.5, 0.6) is 0 Å². The first kappa shape index (κ1) is 12.0. The van der Waals surface area contributed by atoms with Crippen molar-refractivity contribution < 1.29 is 4.74 Å². The Balaban J connectivity index is 1.95. The van der Waals surface area contributed by atoms with E-state index in [9.17, 15) is 0 Å². The number of ether oxygens (including phenoxy) is 1. The van der Waals surface area contributed by atoms with Crippen molar-refractivity contribution in [1.82, 2.24) is 4.90 Å². The highest BCUT2D eigenvalue weighted by atomic mass is 16.5. The fourth-order valence-corrected chi connectivity index (χ4v) is 2.02. The minimum atomic E-state index is 0.510. The molecular weight excluding hydrogens is 174 g/mol. The topological polar surface area (TPSA) is 12.5 Å². The molecule has 0 N–H and O–H groups in total. The van der Waals surface area contributed by atoms with Crippen LogP contribution < -0.4 is 0 Å². The van der Waals surface area contributed by atoms with Gasteiger partial charge in [0.25, 0.3) is 0 Å². The highest BCUT2D eigenvalue weighted by Gasteiger charge is 2.16. The maximum atomic E-state index is 5.71. The van der Waals surface area contributed by atoms with E-state index >= 15 is 0 Å². The molecule has 1 aliphatic heterocycles. The van der Waals surface area contributed by atoms with Crippen molar-refractivity contribution in [2.24, 2.45) is 0 Å². The number of hydrogen-bond donors (Lipinski definition) is 0. The van der Waals surface area contributed by atoms with Crippen molar-refractivity contribution in [3.8, 4) is 0 Å². The van der Waals surface area contributed by atoms with Gasteiger partial charge in [-0.15, -0.1) is 0 Å². The SMILES string of the molecule is CCCCCCCC1CN(C)CCO1. The Hall–Kier alpha value is -0.0800. The molecule has 0 amide bonds. The number of unbranched alkanes of at least 4 members (excludes halogenated alkanes) is 4. The van der Waals surface area contributed by atoms with Crippen molar-refractivity contribution in [3.05, 3.63) is 0 Å². The summed E-state index contributed by atoms with van der Waals surface area (Å²) in [6.07, 6.45) is 8.63. The molecule has 1 aliphatic rings. The van der Waals surface area contributed by atoms with Gasteiger partial charge in [-0.1, -0.05) is 39.0 Å². The minimum Gasteiger partial charge on any atom is -0.376 e. The third-order valence-corrected chi connectivity index (χ3v) is 2.97. The molecule has 0 aromatic heterocycles. The van der Waals surface area contributed by atoms with E-state index in [0.717, 1.165) is 19.7 Å². The average Bonchev–Trinajstić information content (AvgIpc) is 2.18. The molecule has 14 heavy (non-hydrogen) atoms. The maximum absolute atomic E-state index is 5.71. The van der Waals surface area contributed by atoms with Gasteiger partial charge in [0.15, 0.2) is 0 Å². The standard InChI is InChI=1S/C12H25NO/c1-3-4-5-6-7-8-12-11-13(2)9-10-14-12/h12H,3-11H2,1-2H3. The first-order valence-electron chi connectivity index (χ1n) is 6.13. The predicted octanol–water partition coefficient (Wildman–Crippen LogP) is 2.68. The van der Waals surface area contributed by atoms with E-state index in [2.05, 4.69) is 18.9 Å². The second-order valence-electron chi connectivity index (χ2n) is 4.46. The van der Waals surface area contributed by atoms with E-state index in [1.807, 2.05) is 0 Å². The van der Waals surface area contributed by atoms with Crippen LogP contribution in [0.1, 0.15) is 45.4 Å². The summed E-state index contributed by atoms with van der Waals surface area (Å²) in [6, 6.07) is 0. The lowest BCUT2D eigenvalue weighted by molar-refractivity contribution is -0.0242. The minimum absolute atomic E-state index is 0.510. The molecule has 1 unspecified atom stereocenters. The number of nitrogens with zero attached hydrogens (tertiary/aromatic N) is 1. The largest absolute Gasteiger partial charge is 0.376 e. The molecule has 1 heterocycles. The Morgan fingerprint density at radius 2 is 2.00 bits per heavy atom. The van der Waals surface area contributed by atoms with Gasteiger partial charge >= 0.3 is 0 Å². The van der Waals surface area contributed by atoms with E-state index in [0.29, 0.717) is 6.10 Å². The summed E-state index contributed by atoms with van der Waals surface area (Å²) in [7, 11) is 2.19. The first-order chi connectivity index (χ1) is 6.83. The van der Waals surface area contributed by atoms with Crippen LogP contribution in [-0.2, 0) is 4.74 Å². The average molecular weight is 199 g/mol. The molecule has 2 heteroatoms. The molecule has 1 saturated heterocycles. The quantitative estimate of drug-likeness (QED) is 0.610. The fraction of sp³-hybridized carbons (Fsp3) is 1.00. The summed E-state index contributed by atoms with van der Waals surface area (Å²) < 4.78 is 5.71. The van der Waals surface area contributed by atoms with Crippen molar-refractivity contribution in [3.63, 3.8) is 0 Å². The Morgan fingerprint density at radius 3 is 2.71 bits per heavy atom. The number of rotatable bonds is 6. The van der Waals surface area contributed by atoms with E-state index in [1.54, 1.807) is 0 Å². The van der Waals surface area contributed by atoms with E-state index in [1.165, 1.54) is 38.5 Å². The van der Waals surface area contributed by atoms with Crippen molar-refractivity contribution in [1.29, 1.82) is 0 Å². The molecule has 0 aromatic carbocycles. The van der Waals surface area contributed by atoms with E-state index in [-0.39, 0.29) is 0 Å². The van der Waals surface area contributed by atoms with E-state index < -0.39 is 0 Å². The Morgan fingerprint density at radius 1 is 1.21 bits per heavy atom. The van der Waals surface area contributed by atoms with Gasteiger partial charge in [0, 0.05) is 13.1 Å². The lowest BCUT2D eigenvalue weighted by atomic mass is 10.1. The summed E-state index contributed by atoms with van der Waals surface area (Å²) in [5.41, 5.74) is 0. The van der Waals surface area contributed by atoms with Gasteiger partial charge in [-0.05, 0) is 13.5 Å². The van der Waals surface area contributed by atoms with Crippen molar-refractivity contribution in [2.75, 3.05) is 26.7 Å². The molecule has 1 atom stereocenters. The van der Waals surface area contributed by atoms with E-state index in [4.69, 9.17) is 4.74 Å². The van der Waals surface area contributed by atoms with Crippen LogP contribution in [0, 0.1) is 0 Å². The summed E-state index contributed by atoms with van der Waals surface area (Å²) in [4.78, 5) is 2.38. The Bertz CT molecular complexity index is 138. The van der Waals surface area contributed by atoms with Gasteiger partial charge < -0.3 is 9.64 Å². The zero-order chi connectivity index (χ0) is 10.2. The lowest BCUT2D eigenvalue weighted by Crippen LogP contribution is -2.39. The Labute approximate surface area is 88.6 Å². The number of hydrogen-bond acceptors (Lipinski definition) is 2. The lowest BCUT2D eigenvalue weighted by Gasteiger charge is -2.30. The monoisotopic (exact) mass is 199 g/mol. The van der Waals surface area contributed by atoms with Crippen LogP contribution in [0.4, 0.5) is 0 Å². The Kier molecular flexibility index (Phi) is 6.20. The van der Waals surface area contributed by atoms with Crippen LogP contribution in [-0.4, -0.2) is 37.7 Å². The fourth-order valence-electron chi connectivity index (χ4n) is 2.02. The van der Waals surface area contributed by atoms with Gasteiger partial charge in [-0.3, -0.25) is 0 Å². The van der Waals surface area contributed by atoms with Crippen molar-refractivity contribution in [2.45, 2.75) is 51.6 Å². The molecule has 0 aromatic rings. The molecule has 84 valence electrons. The number of morpholine rings is 1. The third kappa shape index (κ3) is 4.97. The molecule has 0 bridgehead atoms. The maximum Gasteiger partial charge on any atom is 0.0702 e. The zero-order valence-corrected chi connectivity index (χ0v) is 9.80. The highest BCUT2D eigenvalue weighted by Crippen LogP contribution is 2.12. The molecular formula is C12H25NO. The van der Waals surface area contributed by atoms with Crippen LogP contribution in [0.2, 0.25) is 0 Å². The third-order valence-electron chi connectivity index (χ3n) is 2.97. The summed E-state index contributed by atoms with van der Waals surface area (Å²) in [5, 5.41) is 0. The highest BCUT2D eigenvalue weighted by molar-refractivity contribution is 4.68. The van der Waals surface area contributed by atoms with Gasteiger partial charge in [0.2, 0.25) is 0 Å². The van der Waals surface area contributed by atoms with Crippen LogP contribution in [0.15, 0.2) is 0 Å². The number of likely N-dealkylation sites (N-methyl/N-ethyl adjacent to an activating group) is 1. The molecule has 1 fully saturated rings. The first-order valence-corrected chi connectivity index (χ1v) is 6.13. The summed E-state index contributed by atoms with van der Waals surface area (Å²) in [5.74, 6) is 0. The zero-order valence-electron chi connectivity index (χ0n) is 9.80. The van der Waals surface area contributed by atoms with Gasteiger partial charge in [-0.2, -0.15) is 0 Å². The molecule has 1 rings (SSSR count). The molecule has 2 nitrogen and oxygen atoms in total. The normalized spacial score (nSPS) is 24.0. The van der Waals surface area contributed by atoms with Gasteiger partial charge in [-0.25, -0.2) is 0 Å². The van der Waals surface area contributed by atoms with Crippen LogP contribution in [0.25, 0.3) is 0 Å². The van der Waals surface area contributed by atoms with Gasteiger partial charge in [0.05, 0.1) is 12.7 Å². The summed E-state index contributed by atoms with van der Waals surface area (Å²) >= 11 is 0. The second-order valence-corrected chi connectivity index (χ2v) is 4.46. The second kappa shape index (κ2) is 7.24. The summed E-state index contributed by atoms with van der Waals surface area (Å²) in [6.45, 7) is 5.43. The molecule has 0 spiro atoms. The van der Waals surface area contributed by atoms with Crippen LogP contribution >= 0.6 is 0 Å². The van der Waals surface area contributed by atoms with Crippen molar-refractivity contribution >= 4 is 0 Å². The smallest absolute Gasteiger partial charge is 0.0702 e. The van der Waals surface area contributed by atoms with Gasteiger partial charge in [0.1, 0.15) is 0 Å². The molecule has 0 saturated carbocycles. The van der Waals surface area contributed by atoms with Crippen LogP contribution in [0.3, 0.4) is 0 Å². The molecule has 0 radical (unpaired) electrons. The molecule has 0 aliphatic carbocycles. The predicted molar refractivity (Wildman–Crippen MR) is 60.6 cm³/mol.